The third-order valence-corrected chi connectivity index (χ3v) is 5.18. The van der Waals surface area contributed by atoms with Crippen LogP contribution in [0.2, 0.25) is 10.0 Å². The maximum atomic E-state index is 12.8. The predicted molar refractivity (Wildman–Crippen MR) is 122 cm³/mol. The quantitative estimate of drug-likeness (QED) is 0.257. The van der Waals surface area contributed by atoms with E-state index in [1.54, 1.807) is 42.5 Å². The van der Waals surface area contributed by atoms with Crippen molar-refractivity contribution in [1.82, 2.24) is 9.55 Å². The van der Waals surface area contributed by atoms with Gasteiger partial charge < -0.3 is 9.30 Å². The van der Waals surface area contributed by atoms with Gasteiger partial charge in [-0.1, -0.05) is 35.3 Å². The number of para-hydroxylation sites is 2. The van der Waals surface area contributed by atoms with Crippen LogP contribution >= 0.6 is 23.2 Å². The Balaban J connectivity index is 1.78. The van der Waals surface area contributed by atoms with Crippen molar-refractivity contribution in [3.8, 4) is 0 Å². The van der Waals surface area contributed by atoms with Gasteiger partial charge in [-0.25, -0.2) is 9.78 Å². The first kappa shape index (κ1) is 20.2. The lowest BCUT2D eigenvalue weighted by atomic mass is 10.1. The summed E-state index contributed by atoms with van der Waals surface area (Å²) in [5, 5.41) is 1.15. The molecular formula is C24H18Cl2N2O2. The zero-order valence-electron chi connectivity index (χ0n) is 16.2. The Morgan fingerprint density at radius 3 is 2.17 bits per heavy atom. The summed E-state index contributed by atoms with van der Waals surface area (Å²) in [5.41, 5.74) is 3.02. The van der Waals surface area contributed by atoms with E-state index >= 15 is 0 Å². The molecule has 0 amide bonds. The number of ether oxygens (including phenoxy) is 1. The Bertz CT molecular complexity index is 1230. The lowest BCUT2D eigenvalue weighted by Gasteiger charge is -2.11. The third kappa shape index (κ3) is 4.25. The number of carbonyl (C=O) groups excluding carboxylic acids is 1. The van der Waals surface area contributed by atoms with Crippen LogP contribution in [-0.2, 0) is 11.3 Å². The van der Waals surface area contributed by atoms with E-state index in [-0.39, 0.29) is 0 Å². The molecule has 0 bridgehead atoms. The number of aromatic nitrogens is 2. The molecule has 3 aromatic carbocycles. The van der Waals surface area contributed by atoms with Crippen molar-refractivity contribution in [1.29, 1.82) is 0 Å². The maximum Gasteiger partial charge on any atom is 0.343 e. The number of benzene rings is 3. The Labute approximate surface area is 184 Å². The summed E-state index contributed by atoms with van der Waals surface area (Å²) >= 11 is 12.0. The average molecular weight is 437 g/mol. The topological polar surface area (TPSA) is 44.1 Å². The molecule has 0 N–H and O–H groups in total. The standard InChI is InChI=1S/C24H18Cl2N2O2/c1-2-28-21-6-4-3-5-20(21)27-23(28)15-22(16-7-11-18(25)12-8-16)30-24(29)17-9-13-19(26)14-10-17/h3-15H,2H2,1H3. The number of esters is 1. The van der Waals surface area contributed by atoms with Crippen molar-refractivity contribution in [2.75, 3.05) is 0 Å². The summed E-state index contributed by atoms with van der Waals surface area (Å²) in [7, 11) is 0. The molecule has 1 heterocycles. The van der Waals surface area contributed by atoms with Gasteiger partial charge in [-0.3, -0.25) is 0 Å². The summed E-state index contributed by atoms with van der Waals surface area (Å²) < 4.78 is 7.86. The fourth-order valence-corrected chi connectivity index (χ4v) is 3.44. The van der Waals surface area contributed by atoms with Crippen molar-refractivity contribution < 1.29 is 9.53 Å². The molecule has 0 aliphatic rings. The van der Waals surface area contributed by atoms with Crippen LogP contribution in [0.15, 0.2) is 72.8 Å². The van der Waals surface area contributed by atoms with E-state index in [0.717, 1.165) is 23.1 Å². The molecule has 0 fully saturated rings. The Morgan fingerprint density at radius 1 is 0.933 bits per heavy atom. The highest BCUT2D eigenvalue weighted by Crippen LogP contribution is 2.25. The highest BCUT2D eigenvalue weighted by molar-refractivity contribution is 6.31. The van der Waals surface area contributed by atoms with Gasteiger partial charge in [-0.2, -0.15) is 0 Å². The number of rotatable bonds is 5. The first-order chi connectivity index (χ1) is 14.5. The zero-order valence-corrected chi connectivity index (χ0v) is 17.7. The lowest BCUT2D eigenvalue weighted by molar-refractivity contribution is 0.0693. The van der Waals surface area contributed by atoms with Gasteiger partial charge in [-0.05, 0) is 67.6 Å². The van der Waals surface area contributed by atoms with Crippen LogP contribution in [-0.4, -0.2) is 15.5 Å². The molecule has 0 saturated heterocycles. The second-order valence-electron chi connectivity index (χ2n) is 6.61. The first-order valence-electron chi connectivity index (χ1n) is 9.46. The second kappa shape index (κ2) is 8.74. The molecule has 0 saturated carbocycles. The third-order valence-electron chi connectivity index (χ3n) is 4.67. The molecular weight excluding hydrogens is 419 g/mol. The van der Waals surface area contributed by atoms with Crippen LogP contribution in [0.25, 0.3) is 22.9 Å². The van der Waals surface area contributed by atoms with Gasteiger partial charge in [0.1, 0.15) is 11.6 Å². The number of fused-ring (bicyclic) bond motifs is 1. The van der Waals surface area contributed by atoms with E-state index in [1.807, 2.05) is 43.3 Å². The fraction of sp³-hybridized carbons (Fsp3) is 0.0833. The molecule has 4 rings (SSSR count). The summed E-state index contributed by atoms with van der Waals surface area (Å²) in [6.45, 7) is 2.78. The van der Waals surface area contributed by atoms with E-state index in [0.29, 0.717) is 27.2 Å². The number of nitrogens with zero attached hydrogens (tertiary/aromatic N) is 2. The SMILES string of the molecule is CCn1c(C=C(OC(=O)c2ccc(Cl)cc2)c2ccc(Cl)cc2)nc2ccccc21. The highest BCUT2D eigenvalue weighted by atomic mass is 35.5. The van der Waals surface area contributed by atoms with Crippen molar-refractivity contribution in [2.45, 2.75) is 13.5 Å². The van der Waals surface area contributed by atoms with Crippen LogP contribution in [0.1, 0.15) is 28.7 Å². The normalized spacial score (nSPS) is 11.6. The Kier molecular flexibility index (Phi) is 5.88. The number of imidazole rings is 1. The molecule has 150 valence electrons. The zero-order chi connectivity index (χ0) is 21.1. The van der Waals surface area contributed by atoms with Gasteiger partial charge in [-0.15, -0.1) is 0 Å². The van der Waals surface area contributed by atoms with Crippen molar-refractivity contribution in [3.63, 3.8) is 0 Å². The smallest absolute Gasteiger partial charge is 0.343 e. The Hall–Kier alpha value is -3.08. The molecule has 0 unspecified atom stereocenters. The van der Waals surface area contributed by atoms with Gasteiger partial charge in [0.15, 0.2) is 0 Å². The molecule has 4 aromatic rings. The lowest BCUT2D eigenvalue weighted by Crippen LogP contribution is -2.06. The van der Waals surface area contributed by atoms with Crippen LogP contribution in [0.3, 0.4) is 0 Å². The first-order valence-corrected chi connectivity index (χ1v) is 10.2. The van der Waals surface area contributed by atoms with E-state index in [9.17, 15) is 4.79 Å². The molecule has 0 atom stereocenters. The molecule has 6 heteroatoms. The van der Waals surface area contributed by atoms with Gasteiger partial charge >= 0.3 is 5.97 Å². The molecule has 4 nitrogen and oxygen atoms in total. The molecule has 1 aromatic heterocycles. The second-order valence-corrected chi connectivity index (χ2v) is 7.49. The van der Waals surface area contributed by atoms with Gasteiger partial charge in [0, 0.05) is 28.2 Å². The molecule has 0 aliphatic carbocycles. The summed E-state index contributed by atoms with van der Waals surface area (Å²) in [6.07, 6.45) is 1.78. The molecule has 0 spiro atoms. The summed E-state index contributed by atoms with van der Waals surface area (Å²) in [4.78, 5) is 17.5. The minimum atomic E-state index is -0.480. The van der Waals surface area contributed by atoms with Gasteiger partial charge in [0.2, 0.25) is 0 Å². The Morgan fingerprint density at radius 2 is 1.53 bits per heavy atom. The predicted octanol–water partition coefficient (Wildman–Crippen LogP) is 6.72. The van der Waals surface area contributed by atoms with Gasteiger partial charge in [0.05, 0.1) is 16.6 Å². The number of carbonyl (C=O) groups is 1. The average Bonchev–Trinajstić information content (AvgIpc) is 3.11. The van der Waals surface area contributed by atoms with Crippen LogP contribution in [0.5, 0.6) is 0 Å². The molecule has 0 radical (unpaired) electrons. The summed E-state index contributed by atoms with van der Waals surface area (Å²) in [6, 6.07) is 21.6. The van der Waals surface area contributed by atoms with E-state index in [1.165, 1.54) is 0 Å². The number of aryl methyl sites for hydroxylation is 1. The number of halogens is 2. The van der Waals surface area contributed by atoms with Crippen LogP contribution in [0.4, 0.5) is 0 Å². The van der Waals surface area contributed by atoms with Crippen molar-refractivity contribution in [3.05, 3.63) is 99.8 Å². The van der Waals surface area contributed by atoms with Crippen molar-refractivity contribution in [2.24, 2.45) is 0 Å². The number of hydrogen-bond acceptors (Lipinski definition) is 3. The van der Waals surface area contributed by atoms with Gasteiger partial charge in [0.25, 0.3) is 0 Å². The van der Waals surface area contributed by atoms with Crippen molar-refractivity contribution >= 4 is 52.0 Å². The minimum Gasteiger partial charge on any atom is -0.422 e. The molecule has 30 heavy (non-hydrogen) atoms. The minimum absolute atomic E-state index is 0.386. The van der Waals surface area contributed by atoms with Crippen LogP contribution in [0, 0.1) is 0 Å². The number of hydrogen-bond donors (Lipinski definition) is 0. The maximum absolute atomic E-state index is 12.8. The van der Waals surface area contributed by atoms with E-state index in [4.69, 9.17) is 32.9 Å². The van der Waals surface area contributed by atoms with E-state index in [2.05, 4.69) is 4.57 Å². The summed E-state index contributed by atoms with van der Waals surface area (Å²) in [5.74, 6) is 0.608. The largest absolute Gasteiger partial charge is 0.422 e. The van der Waals surface area contributed by atoms with E-state index < -0.39 is 5.97 Å². The van der Waals surface area contributed by atoms with Crippen LogP contribution < -0.4 is 0 Å². The molecule has 0 aliphatic heterocycles. The monoisotopic (exact) mass is 436 g/mol. The fourth-order valence-electron chi connectivity index (χ4n) is 3.18. The highest BCUT2D eigenvalue weighted by Gasteiger charge is 2.15.